The topological polar surface area (TPSA) is 22.1 Å². The Kier molecular flexibility index (Phi) is 2.31. The molecule has 1 aromatic rings. The summed E-state index contributed by atoms with van der Waals surface area (Å²) in [5, 5.41) is 0. The van der Waals surface area contributed by atoms with Crippen LogP contribution in [0.25, 0.3) is 0 Å². The molecule has 0 saturated carbocycles. The van der Waals surface area contributed by atoms with E-state index in [-0.39, 0.29) is 5.41 Å². The van der Waals surface area contributed by atoms with E-state index < -0.39 is 0 Å². The number of aromatic nitrogens is 1. The van der Waals surface area contributed by atoms with Crippen LogP contribution in [0.5, 0.6) is 0 Å². The molecule has 1 aromatic heterocycles. The third-order valence-electron chi connectivity index (χ3n) is 3.27. The summed E-state index contributed by atoms with van der Waals surface area (Å²) in [6.07, 6.45) is 4.36. The lowest BCUT2D eigenvalue weighted by molar-refractivity contribution is 0.0310. The van der Waals surface area contributed by atoms with Crippen LogP contribution in [0, 0.1) is 0 Å². The first-order valence-corrected chi connectivity index (χ1v) is 5.13. The zero-order chi connectivity index (χ0) is 10.2. The summed E-state index contributed by atoms with van der Waals surface area (Å²) in [5.74, 6) is 0. The zero-order valence-electron chi connectivity index (χ0n) is 9.08. The van der Waals surface area contributed by atoms with E-state index >= 15 is 0 Å². The second kappa shape index (κ2) is 3.35. The lowest BCUT2D eigenvalue weighted by Gasteiger charge is -2.38. The van der Waals surface area contributed by atoms with Crippen molar-refractivity contribution in [3.8, 4) is 0 Å². The number of methoxy groups -OCH3 is 1. The summed E-state index contributed by atoms with van der Waals surface area (Å²) in [6.45, 7) is 4.43. The van der Waals surface area contributed by atoms with Crippen molar-refractivity contribution in [3.63, 3.8) is 0 Å². The summed E-state index contributed by atoms with van der Waals surface area (Å²) in [7, 11) is 1.79. The summed E-state index contributed by atoms with van der Waals surface area (Å²) >= 11 is 0. The van der Waals surface area contributed by atoms with Gasteiger partial charge in [-0.05, 0) is 24.5 Å². The average molecular weight is 191 g/mol. The highest BCUT2D eigenvalue weighted by atomic mass is 16.5. The van der Waals surface area contributed by atoms with Crippen LogP contribution in [0.1, 0.15) is 31.5 Å². The molecule has 0 fully saturated rings. The van der Waals surface area contributed by atoms with Crippen LogP contribution in [0.3, 0.4) is 0 Å². The van der Waals surface area contributed by atoms with Gasteiger partial charge in [0.05, 0.1) is 11.8 Å². The number of nitrogens with zero attached hydrogens (tertiary/aromatic N) is 1. The Morgan fingerprint density at radius 2 is 2.29 bits per heavy atom. The smallest absolute Gasteiger partial charge is 0.0680 e. The van der Waals surface area contributed by atoms with Crippen molar-refractivity contribution < 1.29 is 4.74 Å². The molecular weight excluding hydrogens is 174 g/mol. The van der Waals surface area contributed by atoms with Gasteiger partial charge in [-0.1, -0.05) is 19.9 Å². The van der Waals surface area contributed by atoms with Gasteiger partial charge in [-0.2, -0.15) is 0 Å². The number of aryl methyl sites for hydroxylation is 1. The van der Waals surface area contributed by atoms with Crippen molar-refractivity contribution in [2.75, 3.05) is 7.11 Å². The standard InChI is InChI=1S/C12H17NO/c1-12(2)10(14-3)7-6-9-5-4-8-13-11(9)12/h4-5,8,10H,6-7H2,1-3H3. The summed E-state index contributed by atoms with van der Waals surface area (Å²) < 4.78 is 5.52. The number of hydrogen-bond donors (Lipinski definition) is 0. The molecule has 2 heteroatoms. The van der Waals surface area contributed by atoms with Crippen LogP contribution in [0.15, 0.2) is 18.3 Å². The van der Waals surface area contributed by atoms with Gasteiger partial charge in [0, 0.05) is 18.7 Å². The fourth-order valence-corrected chi connectivity index (χ4v) is 2.43. The van der Waals surface area contributed by atoms with Crippen LogP contribution in [0.2, 0.25) is 0 Å². The Balaban J connectivity index is 2.46. The molecule has 0 N–H and O–H groups in total. The fraction of sp³-hybridized carbons (Fsp3) is 0.583. The highest BCUT2D eigenvalue weighted by molar-refractivity contribution is 5.31. The summed E-state index contributed by atoms with van der Waals surface area (Å²) in [5.41, 5.74) is 2.63. The van der Waals surface area contributed by atoms with Gasteiger partial charge in [0.15, 0.2) is 0 Å². The molecule has 0 radical (unpaired) electrons. The van der Waals surface area contributed by atoms with Gasteiger partial charge in [-0.3, -0.25) is 4.98 Å². The Morgan fingerprint density at radius 3 is 3.00 bits per heavy atom. The predicted octanol–water partition coefficient (Wildman–Crippen LogP) is 2.32. The molecule has 0 bridgehead atoms. The van der Waals surface area contributed by atoms with Gasteiger partial charge >= 0.3 is 0 Å². The minimum atomic E-state index is 0.0452. The Hall–Kier alpha value is -0.890. The lowest BCUT2D eigenvalue weighted by Crippen LogP contribution is -2.40. The van der Waals surface area contributed by atoms with Gasteiger partial charge in [0.2, 0.25) is 0 Å². The highest BCUT2D eigenvalue weighted by Gasteiger charge is 2.37. The molecule has 0 aromatic carbocycles. The molecule has 1 heterocycles. The molecular formula is C12H17NO. The molecule has 0 amide bonds. The van der Waals surface area contributed by atoms with E-state index in [1.54, 1.807) is 7.11 Å². The van der Waals surface area contributed by atoms with Gasteiger partial charge in [-0.15, -0.1) is 0 Å². The van der Waals surface area contributed by atoms with Crippen molar-refractivity contribution >= 4 is 0 Å². The van der Waals surface area contributed by atoms with E-state index in [2.05, 4.69) is 24.9 Å². The first-order valence-electron chi connectivity index (χ1n) is 5.13. The Morgan fingerprint density at radius 1 is 1.50 bits per heavy atom. The normalized spacial score (nSPS) is 24.4. The molecule has 1 atom stereocenters. The molecule has 0 aliphatic heterocycles. The van der Waals surface area contributed by atoms with Crippen molar-refractivity contribution in [3.05, 3.63) is 29.6 Å². The van der Waals surface area contributed by atoms with Crippen LogP contribution in [-0.4, -0.2) is 18.2 Å². The Bertz CT molecular complexity index is 333. The van der Waals surface area contributed by atoms with Crippen molar-refractivity contribution in [2.24, 2.45) is 0 Å². The number of rotatable bonds is 1. The minimum Gasteiger partial charge on any atom is -0.380 e. The molecule has 0 saturated heterocycles. The third kappa shape index (κ3) is 1.34. The largest absolute Gasteiger partial charge is 0.380 e. The van der Waals surface area contributed by atoms with E-state index in [0.29, 0.717) is 6.10 Å². The zero-order valence-corrected chi connectivity index (χ0v) is 9.08. The molecule has 1 aliphatic carbocycles. The molecule has 2 rings (SSSR count). The maximum absolute atomic E-state index is 5.52. The van der Waals surface area contributed by atoms with E-state index in [9.17, 15) is 0 Å². The quantitative estimate of drug-likeness (QED) is 0.679. The van der Waals surface area contributed by atoms with Crippen molar-refractivity contribution in [1.29, 1.82) is 0 Å². The Labute approximate surface area is 85.3 Å². The molecule has 14 heavy (non-hydrogen) atoms. The number of fused-ring (bicyclic) bond motifs is 1. The van der Waals surface area contributed by atoms with Gasteiger partial charge < -0.3 is 4.74 Å². The molecule has 1 aliphatic rings. The van der Waals surface area contributed by atoms with Crippen LogP contribution < -0.4 is 0 Å². The van der Waals surface area contributed by atoms with Crippen molar-refractivity contribution in [1.82, 2.24) is 4.98 Å². The monoisotopic (exact) mass is 191 g/mol. The van der Waals surface area contributed by atoms with E-state index in [1.165, 1.54) is 11.3 Å². The van der Waals surface area contributed by atoms with Crippen LogP contribution >= 0.6 is 0 Å². The third-order valence-corrected chi connectivity index (χ3v) is 3.27. The van der Waals surface area contributed by atoms with E-state index in [4.69, 9.17) is 4.74 Å². The highest BCUT2D eigenvalue weighted by Crippen LogP contribution is 2.36. The molecule has 2 nitrogen and oxygen atoms in total. The minimum absolute atomic E-state index is 0.0452. The van der Waals surface area contributed by atoms with Crippen LogP contribution in [0.4, 0.5) is 0 Å². The SMILES string of the molecule is COC1CCc2cccnc2C1(C)C. The van der Waals surface area contributed by atoms with Gasteiger partial charge in [-0.25, -0.2) is 0 Å². The van der Waals surface area contributed by atoms with Gasteiger partial charge in [0.1, 0.15) is 0 Å². The maximum Gasteiger partial charge on any atom is 0.0680 e. The fourth-order valence-electron chi connectivity index (χ4n) is 2.43. The molecule has 76 valence electrons. The summed E-state index contributed by atoms with van der Waals surface area (Å²) in [6, 6.07) is 4.19. The van der Waals surface area contributed by atoms with E-state index in [0.717, 1.165) is 12.8 Å². The first kappa shape index (κ1) is 9.66. The second-order valence-electron chi connectivity index (χ2n) is 4.50. The summed E-state index contributed by atoms with van der Waals surface area (Å²) in [4.78, 5) is 4.49. The van der Waals surface area contributed by atoms with Crippen LogP contribution in [-0.2, 0) is 16.6 Å². The maximum atomic E-state index is 5.52. The second-order valence-corrected chi connectivity index (χ2v) is 4.50. The number of hydrogen-bond acceptors (Lipinski definition) is 2. The number of pyridine rings is 1. The van der Waals surface area contributed by atoms with E-state index in [1.807, 2.05) is 12.3 Å². The van der Waals surface area contributed by atoms with Gasteiger partial charge in [0.25, 0.3) is 0 Å². The average Bonchev–Trinajstić information content (AvgIpc) is 2.18. The number of ether oxygens (including phenoxy) is 1. The predicted molar refractivity (Wildman–Crippen MR) is 56.4 cm³/mol. The van der Waals surface area contributed by atoms with Crippen molar-refractivity contribution in [2.45, 2.75) is 38.2 Å². The molecule has 1 unspecified atom stereocenters. The first-order chi connectivity index (χ1) is 6.66. The molecule has 0 spiro atoms. The lowest BCUT2D eigenvalue weighted by atomic mass is 9.73.